The second kappa shape index (κ2) is 11.2. The van der Waals surface area contributed by atoms with Gasteiger partial charge in [-0.1, -0.05) is 146 Å². The zero-order valence-electron chi connectivity index (χ0n) is 26.5. The van der Waals surface area contributed by atoms with Gasteiger partial charge in [0.1, 0.15) is 0 Å². The third-order valence-corrected chi connectivity index (χ3v) is 10.8. The van der Waals surface area contributed by atoms with E-state index >= 15 is 0 Å². The monoisotopic (exact) mass is 640 g/mol. The van der Waals surface area contributed by atoms with E-state index in [1.807, 2.05) is 11.3 Å². The lowest BCUT2D eigenvalue weighted by Crippen LogP contribution is -1.98. The number of aromatic nitrogens is 2. The van der Waals surface area contributed by atoms with Gasteiger partial charge >= 0.3 is 0 Å². The molecule has 3 heteroatoms. The molecule has 10 rings (SSSR count). The van der Waals surface area contributed by atoms with Gasteiger partial charge in [-0.2, -0.15) is 0 Å². The highest BCUT2D eigenvalue weighted by atomic mass is 32.1. The molecule has 0 fully saturated rings. The molecule has 0 saturated heterocycles. The quantitative estimate of drug-likeness (QED) is 0.141. The standard InChI is InChI=1S/C46H28N2S/c1-2-14-30(15-3-1)40-28-41(35-20-9-8-19-34(35)36-22-12-24-43-44(36)38-21-10-11-23-42(38)49-43)48-46(47-40)45-33-18-7-5-16-31(33)27-39-32-17-6-4-13-29(32)25-26-37(39)45/h1-28H. The van der Waals surface area contributed by atoms with Crippen LogP contribution < -0.4 is 0 Å². The van der Waals surface area contributed by atoms with Gasteiger partial charge in [0.05, 0.1) is 11.4 Å². The van der Waals surface area contributed by atoms with E-state index < -0.39 is 0 Å². The molecule has 2 aromatic heterocycles. The highest BCUT2D eigenvalue weighted by Crippen LogP contribution is 2.44. The van der Waals surface area contributed by atoms with E-state index in [9.17, 15) is 0 Å². The van der Waals surface area contributed by atoms with Gasteiger partial charge in [0.25, 0.3) is 0 Å². The molecule has 0 bridgehead atoms. The van der Waals surface area contributed by atoms with Crippen LogP contribution in [0.25, 0.3) is 97.5 Å². The molecule has 2 nitrogen and oxygen atoms in total. The normalized spacial score (nSPS) is 11.7. The summed E-state index contributed by atoms with van der Waals surface area (Å²) in [5.74, 6) is 0.724. The van der Waals surface area contributed by atoms with E-state index in [4.69, 9.17) is 9.97 Å². The average Bonchev–Trinajstić information content (AvgIpc) is 3.56. The van der Waals surface area contributed by atoms with Crippen molar-refractivity contribution in [2.75, 3.05) is 0 Å². The maximum absolute atomic E-state index is 5.49. The fourth-order valence-corrected chi connectivity index (χ4v) is 8.59. The first kappa shape index (κ1) is 27.9. The van der Waals surface area contributed by atoms with Crippen LogP contribution in [0, 0.1) is 0 Å². The molecule has 0 atom stereocenters. The molecule has 10 aromatic rings. The average molecular weight is 641 g/mol. The summed E-state index contributed by atoms with van der Waals surface area (Å²) >= 11 is 1.85. The summed E-state index contributed by atoms with van der Waals surface area (Å²) in [4.78, 5) is 10.8. The predicted octanol–water partition coefficient (Wildman–Crippen LogP) is 13.0. The second-order valence-corrected chi connectivity index (χ2v) is 13.6. The summed E-state index contributed by atoms with van der Waals surface area (Å²) in [5.41, 5.74) is 7.38. The predicted molar refractivity (Wildman–Crippen MR) is 209 cm³/mol. The van der Waals surface area contributed by atoms with Crippen LogP contribution in [0.1, 0.15) is 0 Å². The summed E-state index contributed by atoms with van der Waals surface area (Å²) in [7, 11) is 0. The summed E-state index contributed by atoms with van der Waals surface area (Å²) in [5, 5.41) is 9.70. The van der Waals surface area contributed by atoms with E-state index in [-0.39, 0.29) is 0 Å². The largest absolute Gasteiger partial charge is 0.228 e. The molecule has 49 heavy (non-hydrogen) atoms. The number of nitrogens with zero attached hydrogens (tertiary/aromatic N) is 2. The Balaban J connectivity index is 1.29. The molecule has 0 aliphatic carbocycles. The Bertz CT molecular complexity index is 2890. The van der Waals surface area contributed by atoms with Gasteiger partial charge in [-0.3, -0.25) is 0 Å². The third kappa shape index (κ3) is 4.55. The summed E-state index contributed by atoms with van der Waals surface area (Å²) < 4.78 is 2.59. The number of rotatable bonds is 4. The smallest absolute Gasteiger partial charge is 0.161 e. The van der Waals surface area contributed by atoms with Crippen LogP contribution in [0.4, 0.5) is 0 Å². The molecule has 0 unspecified atom stereocenters. The fraction of sp³-hybridized carbons (Fsp3) is 0. The Morgan fingerprint density at radius 3 is 1.90 bits per heavy atom. The Morgan fingerprint density at radius 1 is 0.367 bits per heavy atom. The van der Waals surface area contributed by atoms with Gasteiger partial charge in [0.2, 0.25) is 0 Å². The number of hydrogen-bond acceptors (Lipinski definition) is 3. The molecule has 2 heterocycles. The molecular weight excluding hydrogens is 613 g/mol. The first-order valence-corrected chi connectivity index (χ1v) is 17.4. The van der Waals surface area contributed by atoms with E-state index in [2.05, 4.69) is 170 Å². The molecule has 0 saturated carbocycles. The molecule has 0 amide bonds. The Kier molecular flexibility index (Phi) is 6.39. The van der Waals surface area contributed by atoms with Gasteiger partial charge < -0.3 is 0 Å². The van der Waals surface area contributed by atoms with Crippen LogP contribution >= 0.6 is 11.3 Å². The van der Waals surface area contributed by atoms with Crippen molar-refractivity contribution in [1.82, 2.24) is 9.97 Å². The minimum atomic E-state index is 0.724. The van der Waals surface area contributed by atoms with Crippen LogP contribution in [0.3, 0.4) is 0 Å². The molecular formula is C46H28N2S. The fourth-order valence-electron chi connectivity index (χ4n) is 7.46. The van der Waals surface area contributed by atoms with Crippen LogP contribution in [0.5, 0.6) is 0 Å². The Morgan fingerprint density at radius 2 is 1.02 bits per heavy atom. The number of fused-ring (bicyclic) bond motifs is 7. The van der Waals surface area contributed by atoms with E-state index in [0.29, 0.717) is 0 Å². The first-order valence-electron chi connectivity index (χ1n) is 16.6. The summed E-state index contributed by atoms with van der Waals surface area (Å²) in [6.07, 6.45) is 0. The minimum absolute atomic E-state index is 0.724. The molecule has 0 aliphatic rings. The van der Waals surface area contributed by atoms with Crippen molar-refractivity contribution >= 4 is 63.8 Å². The van der Waals surface area contributed by atoms with Crippen LogP contribution in [0.2, 0.25) is 0 Å². The van der Waals surface area contributed by atoms with E-state index in [1.54, 1.807) is 0 Å². The lowest BCUT2D eigenvalue weighted by molar-refractivity contribution is 1.19. The van der Waals surface area contributed by atoms with Gasteiger partial charge in [0.15, 0.2) is 5.82 Å². The first-order chi connectivity index (χ1) is 24.3. The Hall–Kier alpha value is -6.16. The van der Waals surface area contributed by atoms with Crippen molar-refractivity contribution in [3.63, 3.8) is 0 Å². The maximum atomic E-state index is 5.49. The van der Waals surface area contributed by atoms with Crippen LogP contribution in [-0.2, 0) is 0 Å². The van der Waals surface area contributed by atoms with Gasteiger partial charge in [-0.15, -0.1) is 11.3 Å². The van der Waals surface area contributed by atoms with E-state index in [0.717, 1.165) is 50.2 Å². The molecule has 0 aliphatic heterocycles. The van der Waals surface area contributed by atoms with Crippen LogP contribution in [-0.4, -0.2) is 9.97 Å². The topological polar surface area (TPSA) is 25.8 Å². The lowest BCUT2D eigenvalue weighted by Gasteiger charge is -2.16. The van der Waals surface area contributed by atoms with Crippen molar-refractivity contribution in [2.45, 2.75) is 0 Å². The number of benzene rings is 8. The maximum Gasteiger partial charge on any atom is 0.161 e. The summed E-state index contributed by atoms with van der Waals surface area (Å²) in [6, 6.07) is 60.7. The Labute approximate surface area is 287 Å². The third-order valence-electron chi connectivity index (χ3n) is 9.69. The van der Waals surface area contributed by atoms with Gasteiger partial charge in [0, 0.05) is 36.9 Å². The van der Waals surface area contributed by atoms with Crippen molar-refractivity contribution in [1.29, 1.82) is 0 Å². The number of hydrogen-bond donors (Lipinski definition) is 0. The molecule has 0 radical (unpaired) electrons. The van der Waals surface area contributed by atoms with Crippen molar-refractivity contribution in [2.24, 2.45) is 0 Å². The van der Waals surface area contributed by atoms with Gasteiger partial charge in [-0.05, 0) is 67.7 Å². The highest BCUT2D eigenvalue weighted by Gasteiger charge is 2.20. The number of thiophene rings is 1. The molecule has 0 N–H and O–H groups in total. The van der Waals surface area contributed by atoms with Crippen molar-refractivity contribution in [3.05, 3.63) is 170 Å². The second-order valence-electron chi connectivity index (χ2n) is 12.5. The zero-order chi connectivity index (χ0) is 32.3. The van der Waals surface area contributed by atoms with Crippen molar-refractivity contribution < 1.29 is 0 Å². The van der Waals surface area contributed by atoms with Crippen molar-refractivity contribution in [3.8, 4) is 45.0 Å². The summed E-state index contributed by atoms with van der Waals surface area (Å²) in [6.45, 7) is 0. The molecule has 8 aromatic carbocycles. The van der Waals surface area contributed by atoms with E-state index in [1.165, 1.54) is 47.3 Å². The molecule has 0 spiro atoms. The SMILES string of the molecule is c1ccc(-c2cc(-c3ccccc3-c3cccc4sc5ccccc5c34)nc(-c3c4ccccc4cc4c3ccc3ccccc34)n2)cc1. The van der Waals surface area contributed by atoms with Crippen LogP contribution in [0.15, 0.2) is 170 Å². The minimum Gasteiger partial charge on any atom is -0.228 e. The highest BCUT2D eigenvalue weighted by molar-refractivity contribution is 7.25. The lowest BCUT2D eigenvalue weighted by atomic mass is 9.92. The zero-order valence-corrected chi connectivity index (χ0v) is 27.3. The molecule has 228 valence electrons. The van der Waals surface area contributed by atoms with Gasteiger partial charge in [-0.25, -0.2) is 9.97 Å².